The molecule has 0 atom stereocenters. The minimum absolute atomic E-state index is 0.565. The highest BCUT2D eigenvalue weighted by Gasteiger charge is 2.49. The number of aromatic nitrogens is 3. The van der Waals surface area contributed by atoms with Crippen molar-refractivity contribution in [2.45, 2.75) is 63.7 Å². The van der Waals surface area contributed by atoms with Crippen LogP contribution in [-0.4, -0.2) is 32.3 Å². The van der Waals surface area contributed by atoms with E-state index in [9.17, 15) is 0 Å². The minimum Gasteiger partial charge on any atom is -0.296 e. The van der Waals surface area contributed by atoms with Crippen molar-refractivity contribution in [3.05, 3.63) is 22.3 Å². The van der Waals surface area contributed by atoms with E-state index < -0.39 is 0 Å². The van der Waals surface area contributed by atoms with Crippen molar-refractivity contribution in [2.24, 2.45) is 23.7 Å². The van der Waals surface area contributed by atoms with Gasteiger partial charge in [0.1, 0.15) is 0 Å². The highest BCUT2D eigenvalue weighted by Crippen LogP contribution is 2.55. The molecule has 0 N–H and O–H groups in total. The van der Waals surface area contributed by atoms with Gasteiger partial charge in [0.15, 0.2) is 10.6 Å². The van der Waals surface area contributed by atoms with Crippen LogP contribution < -0.4 is 0 Å². The van der Waals surface area contributed by atoms with E-state index in [0.29, 0.717) is 6.04 Å². The Bertz CT molecular complexity index is 864. The van der Waals surface area contributed by atoms with Crippen molar-refractivity contribution in [3.63, 3.8) is 0 Å². The summed E-state index contributed by atoms with van der Waals surface area (Å²) >= 11 is 7.66. The first kappa shape index (κ1) is 16.9. The van der Waals surface area contributed by atoms with Gasteiger partial charge in [-0.2, -0.15) is 0 Å². The average molecular weight is 401 g/mol. The zero-order valence-corrected chi connectivity index (χ0v) is 17.6. The van der Waals surface area contributed by atoms with Crippen LogP contribution in [0.5, 0.6) is 0 Å². The van der Waals surface area contributed by atoms with Gasteiger partial charge >= 0.3 is 0 Å². The van der Waals surface area contributed by atoms with E-state index in [0.717, 1.165) is 47.0 Å². The molecule has 6 heteroatoms. The maximum Gasteiger partial charge on any atom is 0.199 e. The number of nitrogens with zero attached hydrogens (tertiary/aromatic N) is 4. The lowest BCUT2D eigenvalue weighted by molar-refractivity contribution is -0.0669. The number of thiophene rings is 1. The molecule has 0 aliphatic heterocycles. The summed E-state index contributed by atoms with van der Waals surface area (Å²) < 4.78 is 5.34. The molecule has 0 unspecified atom stereocenters. The van der Waals surface area contributed by atoms with E-state index in [1.54, 1.807) is 11.3 Å². The summed E-state index contributed by atoms with van der Waals surface area (Å²) in [6.45, 7) is 0.837. The SMILES string of the molecule is CN(Cn1nc(-c2cccs2)n(C2CC2)c1=S)C1C2CC3CC(C2)CC1C3. The Labute approximate surface area is 170 Å². The molecule has 5 saturated carbocycles. The fourth-order valence-electron chi connectivity index (χ4n) is 6.67. The van der Waals surface area contributed by atoms with Crippen molar-refractivity contribution in [3.8, 4) is 10.7 Å². The smallest absolute Gasteiger partial charge is 0.199 e. The van der Waals surface area contributed by atoms with Gasteiger partial charge in [0.25, 0.3) is 0 Å². The van der Waals surface area contributed by atoms with Crippen molar-refractivity contribution < 1.29 is 0 Å². The fraction of sp³-hybridized carbons (Fsp3) is 0.714. The highest BCUT2D eigenvalue weighted by atomic mass is 32.1. The third-order valence-electron chi connectivity index (χ3n) is 7.57. The third-order valence-corrected chi connectivity index (χ3v) is 8.84. The molecule has 0 saturated heterocycles. The van der Waals surface area contributed by atoms with Gasteiger partial charge in [-0.15, -0.1) is 16.4 Å². The lowest BCUT2D eigenvalue weighted by Gasteiger charge is -2.56. The summed E-state index contributed by atoms with van der Waals surface area (Å²) in [5, 5.41) is 7.14. The summed E-state index contributed by atoms with van der Waals surface area (Å²) in [5.41, 5.74) is 0. The number of hydrogen-bond acceptors (Lipinski definition) is 4. The van der Waals surface area contributed by atoms with Gasteiger partial charge < -0.3 is 0 Å². The molecule has 0 amide bonds. The van der Waals surface area contributed by atoms with Crippen LogP contribution in [0.25, 0.3) is 10.7 Å². The third kappa shape index (κ3) is 2.78. The van der Waals surface area contributed by atoms with Crippen molar-refractivity contribution in [1.29, 1.82) is 0 Å². The van der Waals surface area contributed by atoms with E-state index in [1.165, 1.54) is 49.8 Å². The maximum absolute atomic E-state index is 5.89. The van der Waals surface area contributed by atoms with Crippen molar-refractivity contribution in [1.82, 2.24) is 19.2 Å². The fourth-order valence-corrected chi connectivity index (χ4v) is 7.71. The van der Waals surface area contributed by atoms with E-state index >= 15 is 0 Å². The molecule has 0 radical (unpaired) electrons. The lowest BCUT2D eigenvalue weighted by Crippen LogP contribution is -2.55. The standard InChI is InChI=1S/C21H28N4S2/c1-23(19-15-8-13-7-14(10-15)11-16(19)9-13)12-24-21(26)25(17-4-5-17)20(22-24)18-3-2-6-27-18/h2-3,6,13-17,19H,4-5,7-12H2,1H3. The second kappa shape index (κ2) is 6.26. The quantitative estimate of drug-likeness (QED) is 0.646. The molecule has 2 aromatic heterocycles. The Hall–Kier alpha value is -0.980. The second-order valence-corrected chi connectivity index (χ2v) is 10.8. The van der Waals surface area contributed by atoms with Gasteiger partial charge in [0.05, 0.1) is 11.5 Å². The predicted molar refractivity (Wildman–Crippen MR) is 111 cm³/mol. The summed E-state index contributed by atoms with van der Waals surface area (Å²) in [7, 11) is 2.32. The molecular formula is C21H28N4S2. The summed E-state index contributed by atoms with van der Waals surface area (Å²) in [5.74, 6) is 4.94. The zero-order chi connectivity index (χ0) is 18.1. The Morgan fingerprint density at radius 1 is 1.15 bits per heavy atom. The Kier molecular flexibility index (Phi) is 3.92. The van der Waals surface area contributed by atoms with Gasteiger partial charge in [0, 0.05) is 12.1 Å². The average Bonchev–Trinajstić information content (AvgIpc) is 3.21. The molecule has 0 spiro atoms. The molecular weight excluding hydrogens is 372 g/mol. The molecule has 0 aromatic carbocycles. The molecule has 27 heavy (non-hydrogen) atoms. The van der Waals surface area contributed by atoms with Gasteiger partial charge in [-0.1, -0.05) is 6.07 Å². The Morgan fingerprint density at radius 3 is 2.44 bits per heavy atom. The molecule has 2 heterocycles. The van der Waals surface area contributed by atoms with E-state index in [-0.39, 0.29) is 0 Å². The topological polar surface area (TPSA) is 26.0 Å². The van der Waals surface area contributed by atoms with Gasteiger partial charge in [-0.05, 0) is 99.3 Å². The number of rotatable bonds is 5. The largest absolute Gasteiger partial charge is 0.296 e. The molecule has 5 aliphatic rings. The summed E-state index contributed by atoms with van der Waals surface area (Å²) in [6.07, 6.45) is 9.85. The monoisotopic (exact) mass is 400 g/mol. The minimum atomic E-state index is 0.565. The first-order valence-corrected chi connectivity index (χ1v) is 11.9. The summed E-state index contributed by atoms with van der Waals surface area (Å²) in [6, 6.07) is 5.58. The number of hydrogen-bond donors (Lipinski definition) is 0. The van der Waals surface area contributed by atoms with E-state index in [2.05, 4.69) is 38.7 Å². The molecule has 5 aliphatic carbocycles. The highest BCUT2D eigenvalue weighted by molar-refractivity contribution is 7.71. The second-order valence-electron chi connectivity index (χ2n) is 9.50. The molecule has 4 bridgehead atoms. The summed E-state index contributed by atoms with van der Waals surface area (Å²) in [4.78, 5) is 3.83. The van der Waals surface area contributed by atoms with E-state index in [4.69, 9.17) is 17.3 Å². The van der Waals surface area contributed by atoms with Crippen LogP contribution in [0.3, 0.4) is 0 Å². The molecule has 5 fully saturated rings. The first-order chi connectivity index (χ1) is 13.2. The van der Waals surface area contributed by atoms with Crippen molar-refractivity contribution >= 4 is 23.6 Å². The zero-order valence-electron chi connectivity index (χ0n) is 16.0. The molecule has 7 rings (SSSR count). The van der Waals surface area contributed by atoms with Gasteiger partial charge in [-0.3, -0.25) is 9.47 Å². The van der Waals surface area contributed by atoms with Crippen LogP contribution in [-0.2, 0) is 6.67 Å². The Balaban J connectivity index is 1.29. The molecule has 144 valence electrons. The Morgan fingerprint density at radius 2 is 1.85 bits per heavy atom. The van der Waals surface area contributed by atoms with Crippen LogP contribution in [0.15, 0.2) is 17.5 Å². The first-order valence-electron chi connectivity index (χ1n) is 10.6. The van der Waals surface area contributed by atoms with E-state index in [1.807, 2.05) is 0 Å². The predicted octanol–water partition coefficient (Wildman–Crippen LogP) is 5.19. The van der Waals surface area contributed by atoms with Crippen molar-refractivity contribution in [2.75, 3.05) is 7.05 Å². The van der Waals surface area contributed by atoms with Crippen LogP contribution >= 0.6 is 23.6 Å². The van der Waals surface area contributed by atoms with Gasteiger partial charge in [0.2, 0.25) is 0 Å². The van der Waals surface area contributed by atoms with Crippen LogP contribution in [0.1, 0.15) is 51.0 Å². The van der Waals surface area contributed by atoms with Crippen LogP contribution in [0, 0.1) is 28.4 Å². The van der Waals surface area contributed by atoms with Crippen LogP contribution in [0.2, 0.25) is 0 Å². The maximum atomic E-state index is 5.89. The molecule has 4 nitrogen and oxygen atoms in total. The molecule has 2 aromatic rings. The van der Waals surface area contributed by atoms with Crippen LogP contribution in [0.4, 0.5) is 0 Å². The lowest BCUT2D eigenvalue weighted by atomic mass is 9.54. The van der Waals surface area contributed by atoms with Gasteiger partial charge in [-0.25, -0.2) is 4.68 Å². The normalized spacial score (nSPS) is 34.7.